The molecule has 165 valence electrons. The number of anilines is 2. The molecule has 0 aliphatic rings. The Bertz CT molecular complexity index is 502. The summed E-state index contributed by atoms with van der Waals surface area (Å²) >= 11 is 0. The molecular weight excluding hydrogens is 360 g/mol. The van der Waals surface area contributed by atoms with E-state index in [1.165, 1.54) is 83.5 Å². The fourth-order valence-electron chi connectivity index (χ4n) is 3.64. The maximum atomic E-state index is 12.0. The molecule has 0 spiro atoms. The smallest absolute Gasteiger partial charge is 0.224 e. The molecule has 0 bridgehead atoms. The minimum atomic E-state index is -0.342. The lowest BCUT2D eigenvalue weighted by Gasteiger charge is -2.07. The van der Waals surface area contributed by atoms with Crippen LogP contribution in [0.4, 0.5) is 11.4 Å². The van der Waals surface area contributed by atoms with Crippen molar-refractivity contribution in [2.75, 3.05) is 17.4 Å². The highest BCUT2D eigenvalue weighted by Gasteiger charge is 2.02. The van der Waals surface area contributed by atoms with E-state index >= 15 is 0 Å². The lowest BCUT2D eigenvalue weighted by Crippen LogP contribution is -2.11. The molecule has 0 unspecified atom stereocenters. The first kappa shape index (κ1) is 25.5. The molecule has 4 heteroatoms. The van der Waals surface area contributed by atoms with Crippen molar-refractivity contribution in [2.24, 2.45) is 0 Å². The van der Waals surface area contributed by atoms with Crippen LogP contribution in [0.15, 0.2) is 24.3 Å². The van der Waals surface area contributed by atoms with Crippen molar-refractivity contribution in [3.63, 3.8) is 0 Å². The molecular formula is C25H43N2O2. The Kier molecular flexibility index (Phi) is 16.2. The van der Waals surface area contributed by atoms with Gasteiger partial charge in [0, 0.05) is 17.8 Å². The summed E-state index contributed by atoms with van der Waals surface area (Å²) in [7, 11) is 0. The molecule has 4 nitrogen and oxygen atoms in total. The standard InChI is InChI=1S/C25H43N2O2/c1-2-3-4-5-6-7-8-9-10-11-12-13-14-15-16-17-25(29)27-24-20-18-23(19-21-24)26-22-28/h18-21,26H,2-17,22H2,1H3,(H,27,29). The molecule has 0 saturated heterocycles. The highest BCUT2D eigenvalue weighted by Crippen LogP contribution is 2.15. The number of hydrogen-bond donors (Lipinski definition) is 2. The quantitative estimate of drug-likeness (QED) is 0.184. The molecule has 0 atom stereocenters. The van der Waals surface area contributed by atoms with E-state index in [9.17, 15) is 9.90 Å². The van der Waals surface area contributed by atoms with Crippen molar-refractivity contribution in [3.05, 3.63) is 24.3 Å². The first-order chi connectivity index (χ1) is 14.3. The average Bonchev–Trinajstić information content (AvgIpc) is 2.72. The van der Waals surface area contributed by atoms with Gasteiger partial charge in [-0.2, -0.15) is 0 Å². The lowest BCUT2D eigenvalue weighted by molar-refractivity contribution is -0.116. The number of nitrogens with one attached hydrogen (secondary N) is 2. The van der Waals surface area contributed by atoms with Crippen LogP contribution in [0, 0.1) is 0 Å². The first-order valence-electron chi connectivity index (χ1n) is 12.0. The summed E-state index contributed by atoms with van der Waals surface area (Å²) in [6.07, 6.45) is 20.6. The van der Waals surface area contributed by atoms with Crippen LogP contribution in [0.2, 0.25) is 0 Å². The van der Waals surface area contributed by atoms with Gasteiger partial charge in [0.25, 0.3) is 0 Å². The second-order valence-electron chi connectivity index (χ2n) is 8.15. The third kappa shape index (κ3) is 15.0. The highest BCUT2D eigenvalue weighted by molar-refractivity contribution is 5.90. The highest BCUT2D eigenvalue weighted by atomic mass is 16.3. The van der Waals surface area contributed by atoms with Gasteiger partial charge in [-0.1, -0.05) is 96.8 Å². The van der Waals surface area contributed by atoms with Crippen molar-refractivity contribution in [1.29, 1.82) is 0 Å². The summed E-state index contributed by atoms with van der Waals surface area (Å²) in [4.78, 5) is 12.0. The fourth-order valence-corrected chi connectivity index (χ4v) is 3.64. The van der Waals surface area contributed by atoms with Gasteiger partial charge in [-0.15, -0.1) is 0 Å². The molecule has 29 heavy (non-hydrogen) atoms. The van der Waals surface area contributed by atoms with Gasteiger partial charge >= 0.3 is 0 Å². The van der Waals surface area contributed by atoms with E-state index in [1.807, 2.05) is 12.1 Å². The zero-order chi connectivity index (χ0) is 21.0. The van der Waals surface area contributed by atoms with Gasteiger partial charge in [-0.25, -0.2) is 5.11 Å². The second kappa shape index (κ2) is 18.5. The molecule has 0 aliphatic heterocycles. The van der Waals surface area contributed by atoms with Gasteiger partial charge < -0.3 is 10.6 Å². The number of rotatable bonds is 19. The number of unbranched alkanes of at least 4 members (excludes halogenated alkanes) is 14. The van der Waals surface area contributed by atoms with Crippen LogP contribution in [0.1, 0.15) is 110 Å². The Morgan fingerprint density at radius 3 is 1.52 bits per heavy atom. The van der Waals surface area contributed by atoms with E-state index < -0.39 is 0 Å². The molecule has 1 aromatic carbocycles. The molecule has 0 fully saturated rings. The Balaban J connectivity index is 1.86. The predicted molar refractivity (Wildman–Crippen MR) is 124 cm³/mol. The minimum absolute atomic E-state index is 0.0734. The van der Waals surface area contributed by atoms with Crippen molar-refractivity contribution in [1.82, 2.24) is 0 Å². The molecule has 1 rings (SSSR count). The van der Waals surface area contributed by atoms with Crippen LogP contribution in [0.3, 0.4) is 0 Å². The molecule has 0 aliphatic carbocycles. The average molecular weight is 404 g/mol. The summed E-state index contributed by atoms with van der Waals surface area (Å²) in [5.74, 6) is 0.0734. The molecule has 0 saturated carbocycles. The van der Waals surface area contributed by atoms with E-state index in [0.29, 0.717) is 6.42 Å². The van der Waals surface area contributed by atoms with Gasteiger partial charge in [0.2, 0.25) is 5.91 Å². The Morgan fingerprint density at radius 2 is 1.07 bits per heavy atom. The van der Waals surface area contributed by atoms with Crippen LogP contribution in [-0.4, -0.2) is 12.6 Å². The maximum Gasteiger partial charge on any atom is 0.224 e. The SMILES string of the molecule is CCCCCCCCCCCCCCCCCC(=O)Nc1ccc(NC[O])cc1. The molecule has 1 radical (unpaired) electrons. The molecule has 1 aromatic rings. The zero-order valence-electron chi connectivity index (χ0n) is 18.6. The van der Waals surface area contributed by atoms with Crippen LogP contribution in [0.5, 0.6) is 0 Å². The first-order valence-corrected chi connectivity index (χ1v) is 12.0. The normalized spacial score (nSPS) is 10.8. The van der Waals surface area contributed by atoms with Crippen LogP contribution < -0.4 is 10.6 Å². The Labute approximate surface area is 178 Å². The number of carbonyl (C=O) groups excluding carboxylic acids is 1. The number of hydrogen-bond acceptors (Lipinski definition) is 2. The minimum Gasteiger partial charge on any atom is -0.360 e. The van der Waals surface area contributed by atoms with Gasteiger partial charge in [0.05, 0.1) is 0 Å². The predicted octanol–water partition coefficient (Wildman–Crippen LogP) is 7.69. The topological polar surface area (TPSA) is 61.0 Å². The molecule has 0 aromatic heterocycles. The van der Waals surface area contributed by atoms with Crippen LogP contribution in [0.25, 0.3) is 0 Å². The summed E-state index contributed by atoms with van der Waals surface area (Å²) in [6.45, 7) is 1.93. The Morgan fingerprint density at radius 1 is 0.655 bits per heavy atom. The summed E-state index contributed by atoms with van der Waals surface area (Å²) in [5.41, 5.74) is 1.56. The van der Waals surface area contributed by atoms with E-state index in [2.05, 4.69) is 17.6 Å². The van der Waals surface area contributed by atoms with E-state index in [-0.39, 0.29) is 12.6 Å². The largest absolute Gasteiger partial charge is 0.360 e. The molecule has 2 N–H and O–H groups in total. The van der Waals surface area contributed by atoms with Gasteiger partial charge in [0.1, 0.15) is 0 Å². The number of amides is 1. The summed E-state index contributed by atoms with van der Waals surface area (Å²) < 4.78 is 0. The number of carbonyl (C=O) groups is 1. The molecule has 1 amide bonds. The monoisotopic (exact) mass is 403 g/mol. The second-order valence-corrected chi connectivity index (χ2v) is 8.15. The zero-order valence-corrected chi connectivity index (χ0v) is 18.6. The van der Waals surface area contributed by atoms with Crippen molar-refractivity contribution in [2.45, 2.75) is 110 Å². The van der Waals surface area contributed by atoms with Crippen molar-refractivity contribution in [3.8, 4) is 0 Å². The van der Waals surface area contributed by atoms with E-state index in [0.717, 1.165) is 24.2 Å². The number of benzene rings is 1. The van der Waals surface area contributed by atoms with Gasteiger partial charge in [0.15, 0.2) is 6.73 Å². The van der Waals surface area contributed by atoms with Crippen LogP contribution >= 0.6 is 0 Å². The molecule has 0 heterocycles. The summed E-state index contributed by atoms with van der Waals surface area (Å²) in [5, 5.41) is 16.1. The van der Waals surface area contributed by atoms with Crippen molar-refractivity contribution >= 4 is 17.3 Å². The summed E-state index contributed by atoms with van der Waals surface area (Å²) in [6, 6.07) is 7.26. The lowest BCUT2D eigenvalue weighted by atomic mass is 10.0. The van der Waals surface area contributed by atoms with Crippen LogP contribution in [-0.2, 0) is 9.90 Å². The third-order valence-corrected chi connectivity index (χ3v) is 5.45. The van der Waals surface area contributed by atoms with Crippen molar-refractivity contribution < 1.29 is 9.90 Å². The van der Waals surface area contributed by atoms with E-state index in [4.69, 9.17) is 0 Å². The van der Waals surface area contributed by atoms with Gasteiger partial charge in [-0.05, 0) is 30.7 Å². The third-order valence-electron chi connectivity index (χ3n) is 5.45. The van der Waals surface area contributed by atoms with E-state index in [1.54, 1.807) is 12.1 Å². The fraction of sp³-hybridized carbons (Fsp3) is 0.720. The Hall–Kier alpha value is -1.55. The maximum absolute atomic E-state index is 12.0. The van der Waals surface area contributed by atoms with Gasteiger partial charge in [-0.3, -0.25) is 4.79 Å².